The van der Waals surface area contributed by atoms with E-state index in [1.165, 1.54) is 16.8 Å². The van der Waals surface area contributed by atoms with Crippen molar-refractivity contribution in [2.75, 3.05) is 5.32 Å². The van der Waals surface area contributed by atoms with Gasteiger partial charge >= 0.3 is 0 Å². The summed E-state index contributed by atoms with van der Waals surface area (Å²) >= 11 is 4.59. The van der Waals surface area contributed by atoms with Gasteiger partial charge in [-0.15, -0.1) is 10.2 Å². The third-order valence-corrected chi connectivity index (χ3v) is 3.76. The van der Waals surface area contributed by atoms with Crippen LogP contribution in [0.4, 0.5) is 5.13 Å². The number of hydrogen-bond acceptors (Lipinski definition) is 6. The summed E-state index contributed by atoms with van der Waals surface area (Å²) in [5.41, 5.74) is 1.86. The molecule has 0 saturated carbocycles. The van der Waals surface area contributed by atoms with Crippen LogP contribution in [0, 0.1) is 0 Å². The van der Waals surface area contributed by atoms with E-state index in [0.29, 0.717) is 16.4 Å². The third-order valence-electron chi connectivity index (χ3n) is 2.62. The van der Waals surface area contributed by atoms with E-state index >= 15 is 0 Å². The SMILES string of the molecule is O=C(Nc1nncs1)c1cccnc1Oc1ccc(Br)cc1. The average molecular weight is 377 g/mol. The number of hydrogen-bond donors (Lipinski definition) is 1. The van der Waals surface area contributed by atoms with Gasteiger partial charge in [0.2, 0.25) is 11.0 Å². The molecule has 0 aliphatic heterocycles. The molecule has 0 fully saturated rings. The second-order valence-corrected chi connectivity index (χ2v) is 5.86. The number of halogens is 1. The molecule has 0 atom stereocenters. The Kier molecular flexibility index (Phi) is 4.40. The van der Waals surface area contributed by atoms with E-state index in [2.05, 4.69) is 36.4 Å². The van der Waals surface area contributed by atoms with Crippen LogP contribution in [-0.4, -0.2) is 21.1 Å². The summed E-state index contributed by atoms with van der Waals surface area (Å²) in [6, 6.07) is 10.6. The van der Waals surface area contributed by atoms with Gasteiger partial charge in [0.25, 0.3) is 5.91 Å². The van der Waals surface area contributed by atoms with Crippen LogP contribution in [0.3, 0.4) is 0 Å². The molecule has 0 saturated heterocycles. The molecule has 0 unspecified atom stereocenters. The van der Waals surface area contributed by atoms with E-state index in [-0.39, 0.29) is 11.8 Å². The lowest BCUT2D eigenvalue weighted by Gasteiger charge is -2.09. The lowest BCUT2D eigenvalue weighted by Crippen LogP contribution is -2.13. The molecule has 0 bridgehead atoms. The zero-order valence-corrected chi connectivity index (χ0v) is 13.5. The van der Waals surface area contributed by atoms with E-state index in [0.717, 1.165) is 4.47 Å². The minimum Gasteiger partial charge on any atom is -0.438 e. The molecule has 0 spiro atoms. The van der Waals surface area contributed by atoms with Gasteiger partial charge in [0.1, 0.15) is 16.8 Å². The number of anilines is 1. The van der Waals surface area contributed by atoms with Crippen LogP contribution in [0.15, 0.2) is 52.6 Å². The molecule has 0 aliphatic rings. The summed E-state index contributed by atoms with van der Waals surface area (Å²) in [7, 11) is 0. The number of nitrogens with one attached hydrogen (secondary N) is 1. The van der Waals surface area contributed by atoms with E-state index in [9.17, 15) is 4.79 Å². The first-order valence-corrected chi connectivity index (χ1v) is 7.85. The van der Waals surface area contributed by atoms with Gasteiger partial charge in [-0.2, -0.15) is 0 Å². The fraction of sp³-hybridized carbons (Fsp3) is 0. The maximum absolute atomic E-state index is 12.3. The summed E-state index contributed by atoms with van der Waals surface area (Å²) < 4.78 is 6.62. The van der Waals surface area contributed by atoms with Crippen LogP contribution in [0.2, 0.25) is 0 Å². The number of benzene rings is 1. The van der Waals surface area contributed by atoms with Gasteiger partial charge in [-0.25, -0.2) is 4.98 Å². The van der Waals surface area contributed by atoms with E-state index in [1.54, 1.807) is 30.5 Å². The van der Waals surface area contributed by atoms with Gasteiger partial charge in [0.15, 0.2) is 0 Å². The van der Waals surface area contributed by atoms with E-state index < -0.39 is 0 Å². The first-order chi connectivity index (χ1) is 10.7. The van der Waals surface area contributed by atoms with Crippen molar-refractivity contribution in [1.29, 1.82) is 0 Å². The first kappa shape index (κ1) is 14.6. The Labute approximate surface area is 138 Å². The smallest absolute Gasteiger partial charge is 0.262 e. The van der Waals surface area contributed by atoms with E-state index in [1.807, 2.05) is 12.1 Å². The predicted octanol–water partition coefficient (Wildman–Crippen LogP) is 3.74. The standard InChI is InChI=1S/C14H9BrN4O2S/c15-9-3-5-10(6-4-9)21-13-11(2-1-7-16-13)12(20)18-14-19-17-8-22-14/h1-8H,(H,18,19,20). The highest BCUT2D eigenvalue weighted by molar-refractivity contribution is 9.10. The van der Waals surface area contributed by atoms with Crippen molar-refractivity contribution < 1.29 is 9.53 Å². The number of amides is 1. The number of nitrogens with zero attached hydrogens (tertiary/aromatic N) is 3. The summed E-state index contributed by atoms with van der Waals surface area (Å²) in [5.74, 6) is 0.468. The monoisotopic (exact) mass is 376 g/mol. The summed E-state index contributed by atoms with van der Waals surface area (Å²) in [6.45, 7) is 0. The quantitative estimate of drug-likeness (QED) is 0.750. The highest BCUT2D eigenvalue weighted by Crippen LogP contribution is 2.25. The average Bonchev–Trinajstić information content (AvgIpc) is 3.03. The molecule has 22 heavy (non-hydrogen) atoms. The largest absolute Gasteiger partial charge is 0.438 e. The summed E-state index contributed by atoms with van der Waals surface area (Å²) in [6.07, 6.45) is 1.57. The molecule has 1 aromatic carbocycles. The van der Waals surface area contributed by atoms with Gasteiger partial charge in [0, 0.05) is 10.7 Å². The molecule has 0 radical (unpaired) electrons. The molecule has 3 aromatic rings. The molecule has 8 heteroatoms. The number of pyridine rings is 1. The highest BCUT2D eigenvalue weighted by Gasteiger charge is 2.15. The lowest BCUT2D eigenvalue weighted by molar-refractivity contribution is 0.102. The van der Waals surface area contributed by atoms with Crippen molar-refractivity contribution in [2.24, 2.45) is 0 Å². The van der Waals surface area contributed by atoms with Crippen LogP contribution >= 0.6 is 27.3 Å². The Morgan fingerprint density at radius 3 is 2.77 bits per heavy atom. The van der Waals surface area contributed by atoms with Crippen LogP contribution in [0.5, 0.6) is 11.6 Å². The molecule has 1 amide bonds. The van der Waals surface area contributed by atoms with Crippen LogP contribution < -0.4 is 10.1 Å². The number of carbonyl (C=O) groups is 1. The second-order valence-electron chi connectivity index (χ2n) is 4.11. The maximum atomic E-state index is 12.3. The van der Waals surface area contributed by atoms with Crippen molar-refractivity contribution in [3.8, 4) is 11.6 Å². The Balaban J connectivity index is 1.83. The normalized spacial score (nSPS) is 10.2. The van der Waals surface area contributed by atoms with Crippen LogP contribution in [0.25, 0.3) is 0 Å². The number of ether oxygens (including phenoxy) is 1. The number of carbonyl (C=O) groups excluding carboxylic acids is 1. The maximum Gasteiger partial charge on any atom is 0.262 e. The van der Waals surface area contributed by atoms with Gasteiger partial charge in [-0.05, 0) is 36.4 Å². The zero-order chi connectivity index (χ0) is 15.4. The molecule has 6 nitrogen and oxygen atoms in total. The molecule has 1 N–H and O–H groups in total. The first-order valence-electron chi connectivity index (χ1n) is 6.18. The Morgan fingerprint density at radius 1 is 1.23 bits per heavy atom. The molecule has 0 aliphatic carbocycles. The third kappa shape index (κ3) is 3.46. The predicted molar refractivity (Wildman–Crippen MR) is 86.3 cm³/mol. The Hall–Kier alpha value is -2.32. The van der Waals surface area contributed by atoms with E-state index in [4.69, 9.17) is 4.74 Å². The van der Waals surface area contributed by atoms with Crippen LogP contribution in [-0.2, 0) is 0 Å². The summed E-state index contributed by atoms with van der Waals surface area (Å²) in [4.78, 5) is 16.4. The molecule has 2 aromatic heterocycles. The van der Waals surface area contributed by atoms with Gasteiger partial charge in [-0.1, -0.05) is 27.3 Å². The highest BCUT2D eigenvalue weighted by atomic mass is 79.9. The van der Waals surface area contributed by atoms with Crippen molar-refractivity contribution in [2.45, 2.75) is 0 Å². The van der Waals surface area contributed by atoms with Crippen molar-refractivity contribution in [3.63, 3.8) is 0 Å². The topological polar surface area (TPSA) is 77.0 Å². The zero-order valence-electron chi connectivity index (χ0n) is 11.1. The molecule has 110 valence electrons. The fourth-order valence-electron chi connectivity index (χ4n) is 1.65. The molecule has 3 rings (SSSR count). The second kappa shape index (κ2) is 6.63. The molecular formula is C14H9BrN4O2S. The lowest BCUT2D eigenvalue weighted by atomic mass is 10.2. The Morgan fingerprint density at radius 2 is 2.05 bits per heavy atom. The molecule has 2 heterocycles. The minimum atomic E-state index is -0.350. The van der Waals surface area contributed by atoms with Crippen LogP contribution in [0.1, 0.15) is 10.4 Å². The van der Waals surface area contributed by atoms with Gasteiger partial charge < -0.3 is 4.74 Å². The van der Waals surface area contributed by atoms with Crippen molar-refractivity contribution in [3.05, 3.63) is 58.1 Å². The van der Waals surface area contributed by atoms with Gasteiger partial charge in [0.05, 0.1) is 0 Å². The van der Waals surface area contributed by atoms with Crippen molar-refractivity contribution >= 4 is 38.3 Å². The molecular weight excluding hydrogens is 368 g/mol. The number of rotatable bonds is 4. The minimum absolute atomic E-state index is 0.229. The summed E-state index contributed by atoms with van der Waals surface area (Å²) in [5, 5.41) is 10.5. The number of aromatic nitrogens is 3. The fourth-order valence-corrected chi connectivity index (χ4v) is 2.36. The van der Waals surface area contributed by atoms with Gasteiger partial charge in [-0.3, -0.25) is 10.1 Å². The van der Waals surface area contributed by atoms with Crippen molar-refractivity contribution in [1.82, 2.24) is 15.2 Å². The Bertz CT molecular complexity index is 778.